The van der Waals surface area contributed by atoms with E-state index in [9.17, 15) is 9.59 Å². The van der Waals surface area contributed by atoms with E-state index >= 15 is 0 Å². The van der Waals surface area contributed by atoms with Crippen molar-refractivity contribution in [2.45, 2.75) is 25.8 Å². The first kappa shape index (κ1) is 18.4. The fourth-order valence-electron chi connectivity index (χ4n) is 3.25. The molecule has 10 heteroatoms. The quantitative estimate of drug-likeness (QED) is 0.370. The van der Waals surface area contributed by atoms with Crippen LogP contribution in [-0.2, 0) is 4.79 Å². The highest BCUT2D eigenvalue weighted by molar-refractivity contribution is 6.30. The van der Waals surface area contributed by atoms with E-state index in [1.807, 2.05) is 25.1 Å². The van der Waals surface area contributed by atoms with Gasteiger partial charge in [0, 0.05) is 27.9 Å². The van der Waals surface area contributed by atoms with Crippen molar-refractivity contribution in [3.8, 4) is 0 Å². The highest BCUT2D eigenvalue weighted by Crippen LogP contribution is 2.32. The Bertz CT molecular complexity index is 1230. The first-order valence-electron chi connectivity index (χ1n) is 9.49. The molecule has 2 aliphatic rings. The normalized spacial score (nSPS) is 17.3. The molecule has 1 saturated heterocycles. The number of carbonyl (C=O) groups excluding carboxylic acids is 2. The summed E-state index contributed by atoms with van der Waals surface area (Å²) in [6.45, 7) is 1.97. The maximum atomic E-state index is 11.9. The van der Waals surface area contributed by atoms with Gasteiger partial charge in [-0.3, -0.25) is 10.1 Å². The number of hydrogen-bond acceptors (Lipinski definition) is 6. The van der Waals surface area contributed by atoms with E-state index in [4.69, 9.17) is 16.6 Å². The van der Waals surface area contributed by atoms with E-state index in [-0.39, 0.29) is 5.70 Å². The average molecular weight is 424 g/mol. The van der Waals surface area contributed by atoms with Gasteiger partial charge in [-0.25, -0.2) is 9.78 Å². The molecular formula is C20H18ClN7O2. The Balaban J connectivity index is 1.62. The fourth-order valence-corrected chi connectivity index (χ4v) is 3.44. The molecule has 9 nitrogen and oxygen atoms in total. The average Bonchev–Trinajstić information content (AvgIpc) is 3.35. The van der Waals surface area contributed by atoms with Gasteiger partial charge in [-0.1, -0.05) is 17.7 Å². The lowest BCUT2D eigenvalue weighted by molar-refractivity contribution is -0.115. The molecule has 1 aromatic carbocycles. The third-order valence-corrected chi connectivity index (χ3v) is 5.17. The SMILES string of the molecule is Cc1c(Nc2cccc(Cl)c2)nc2c(/C=C3\NC(=O)NC3=O)cnn2c1NC1CC1. The molecule has 0 radical (unpaired) electrons. The molecule has 0 spiro atoms. The van der Waals surface area contributed by atoms with Crippen LogP contribution in [0.1, 0.15) is 24.0 Å². The largest absolute Gasteiger partial charge is 0.367 e. The molecule has 2 aromatic heterocycles. The molecular weight excluding hydrogens is 406 g/mol. The molecule has 0 atom stereocenters. The third-order valence-electron chi connectivity index (χ3n) is 4.94. The predicted molar refractivity (Wildman–Crippen MR) is 114 cm³/mol. The summed E-state index contributed by atoms with van der Waals surface area (Å²) in [7, 11) is 0. The summed E-state index contributed by atoms with van der Waals surface area (Å²) < 4.78 is 1.72. The number of rotatable bonds is 5. The minimum atomic E-state index is -0.550. The van der Waals surface area contributed by atoms with E-state index in [2.05, 4.69) is 26.4 Å². The van der Waals surface area contributed by atoms with Crippen molar-refractivity contribution >= 4 is 52.6 Å². The van der Waals surface area contributed by atoms with Gasteiger partial charge in [-0.05, 0) is 44.0 Å². The Morgan fingerprint density at radius 3 is 2.80 bits per heavy atom. The summed E-state index contributed by atoms with van der Waals surface area (Å²) in [4.78, 5) is 28.1. The van der Waals surface area contributed by atoms with E-state index in [1.54, 1.807) is 22.9 Å². The number of halogens is 1. The van der Waals surface area contributed by atoms with Crippen LogP contribution in [0.4, 0.5) is 22.1 Å². The van der Waals surface area contributed by atoms with Gasteiger partial charge < -0.3 is 16.0 Å². The molecule has 0 unspecified atom stereocenters. The zero-order chi connectivity index (χ0) is 20.8. The summed E-state index contributed by atoms with van der Waals surface area (Å²) in [5.41, 5.74) is 3.02. The second-order valence-corrected chi connectivity index (χ2v) is 7.73. The molecule has 3 amide bonds. The number of amides is 3. The van der Waals surface area contributed by atoms with Gasteiger partial charge in [-0.2, -0.15) is 9.61 Å². The van der Waals surface area contributed by atoms with E-state index in [0.717, 1.165) is 29.9 Å². The molecule has 30 heavy (non-hydrogen) atoms. The summed E-state index contributed by atoms with van der Waals surface area (Å²) in [5.74, 6) is 0.990. The summed E-state index contributed by atoms with van der Waals surface area (Å²) in [5, 5.41) is 16.6. The van der Waals surface area contributed by atoms with Gasteiger partial charge in [0.25, 0.3) is 5.91 Å². The van der Waals surface area contributed by atoms with Crippen LogP contribution in [0.25, 0.3) is 11.7 Å². The van der Waals surface area contributed by atoms with Crippen molar-refractivity contribution in [2.75, 3.05) is 10.6 Å². The summed E-state index contributed by atoms with van der Waals surface area (Å²) in [6.07, 6.45) is 5.39. The maximum absolute atomic E-state index is 11.9. The molecule has 4 N–H and O–H groups in total. The number of urea groups is 1. The smallest absolute Gasteiger partial charge is 0.326 e. The molecule has 1 aliphatic carbocycles. The lowest BCUT2D eigenvalue weighted by atomic mass is 10.2. The van der Waals surface area contributed by atoms with Crippen LogP contribution in [0.3, 0.4) is 0 Å². The zero-order valence-corrected chi connectivity index (χ0v) is 16.7. The van der Waals surface area contributed by atoms with Crippen LogP contribution >= 0.6 is 11.6 Å². The Morgan fingerprint density at radius 2 is 2.10 bits per heavy atom. The topological polar surface area (TPSA) is 112 Å². The number of nitrogens with zero attached hydrogens (tertiary/aromatic N) is 3. The zero-order valence-electron chi connectivity index (χ0n) is 16.0. The molecule has 3 aromatic rings. The number of anilines is 3. The highest BCUT2D eigenvalue weighted by atomic mass is 35.5. The van der Waals surface area contributed by atoms with Gasteiger partial charge in [0.1, 0.15) is 17.3 Å². The van der Waals surface area contributed by atoms with Gasteiger partial charge in [-0.15, -0.1) is 0 Å². The first-order valence-corrected chi connectivity index (χ1v) is 9.87. The Morgan fingerprint density at radius 1 is 1.27 bits per heavy atom. The maximum Gasteiger partial charge on any atom is 0.326 e. The third kappa shape index (κ3) is 3.43. The monoisotopic (exact) mass is 423 g/mol. The van der Waals surface area contributed by atoms with Crippen molar-refractivity contribution in [3.63, 3.8) is 0 Å². The lowest BCUT2D eigenvalue weighted by Gasteiger charge is -2.16. The minimum Gasteiger partial charge on any atom is -0.367 e. The number of fused-ring (bicyclic) bond motifs is 1. The number of carbonyl (C=O) groups is 2. The van der Waals surface area contributed by atoms with Gasteiger partial charge in [0.2, 0.25) is 0 Å². The summed E-state index contributed by atoms with van der Waals surface area (Å²) in [6, 6.07) is 7.24. The second kappa shape index (κ2) is 7.03. The standard InChI is InChI=1S/C20H18ClN7O2/c1-10-16(23-14-4-2-3-12(21)8-14)26-18-11(7-15-19(29)27-20(30)25-15)9-22-28(18)17(10)24-13-5-6-13/h2-4,7-9,13,24H,5-6H2,1H3,(H,23,26)(H2,25,27,29,30)/b15-7-. The fraction of sp³-hybridized carbons (Fsp3) is 0.200. The van der Waals surface area contributed by atoms with Crippen LogP contribution in [0.2, 0.25) is 5.02 Å². The molecule has 1 aliphatic heterocycles. The number of imide groups is 1. The lowest BCUT2D eigenvalue weighted by Crippen LogP contribution is -2.22. The van der Waals surface area contributed by atoms with Crippen LogP contribution in [0.5, 0.6) is 0 Å². The molecule has 0 bridgehead atoms. The van der Waals surface area contributed by atoms with E-state index in [0.29, 0.717) is 28.1 Å². The molecule has 1 saturated carbocycles. The van der Waals surface area contributed by atoms with Crippen LogP contribution in [0.15, 0.2) is 36.2 Å². The predicted octanol–water partition coefficient (Wildman–Crippen LogP) is 3.19. The van der Waals surface area contributed by atoms with E-state index in [1.165, 1.54) is 0 Å². The highest BCUT2D eigenvalue weighted by Gasteiger charge is 2.26. The number of nitrogens with one attached hydrogen (secondary N) is 4. The molecule has 5 rings (SSSR count). The van der Waals surface area contributed by atoms with Crippen LogP contribution in [0, 0.1) is 6.92 Å². The first-order chi connectivity index (χ1) is 14.5. The number of hydrogen-bond donors (Lipinski definition) is 4. The van der Waals surface area contributed by atoms with Crippen molar-refractivity contribution in [3.05, 3.63) is 52.3 Å². The number of aromatic nitrogens is 3. The Kier molecular flexibility index (Phi) is 4.32. The van der Waals surface area contributed by atoms with Gasteiger partial charge in [0.05, 0.1) is 6.20 Å². The molecule has 3 heterocycles. The molecule has 152 valence electrons. The Hall–Kier alpha value is -3.59. The van der Waals surface area contributed by atoms with Crippen molar-refractivity contribution in [2.24, 2.45) is 0 Å². The Labute approximate surface area is 176 Å². The molecule has 2 fully saturated rings. The van der Waals surface area contributed by atoms with Gasteiger partial charge in [0.15, 0.2) is 5.65 Å². The van der Waals surface area contributed by atoms with Crippen molar-refractivity contribution in [1.82, 2.24) is 25.2 Å². The minimum absolute atomic E-state index is 0.151. The second-order valence-electron chi connectivity index (χ2n) is 7.29. The summed E-state index contributed by atoms with van der Waals surface area (Å²) >= 11 is 6.12. The van der Waals surface area contributed by atoms with Crippen molar-refractivity contribution in [1.29, 1.82) is 0 Å². The van der Waals surface area contributed by atoms with Crippen molar-refractivity contribution < 1.29 is 9.59 Å². The van der Waals surface area contributed by atoms with Crippen LogP contribution < -0.4 is 21.3 Å². The van der Waals surface area contributed by atoms with E-state index < -0.39 is 11.9 Å². The van der Waals surface area contributed by atoms with Gasteiger partial charge >= 0.3 is 6.03 Å². The van der Waals surface area contributed by atoms with Crippen LogP contribution in [-0.4, -0.2) is 32.6 Å². The number of benzene rings is 1.